The van der Waals surface area contributed by atoms with Crippen molar-refractivity contribution >= 4 is 34.0 Å². The van der Waals surface area contributed by atoms with Gasteiger partial charge in [-0.3, -0.25) is 0 Å². The first kappa shape index (κ1) is 27.2. The van der Waals surface area contributed by atoms with Crippen LogP contribution in [0, 0.1) is 13.8 Å². The molecule has 0 fully saturated rings. The number of pyridine rings is 2. The molecule has 0 amide bonds. The summed E-state index contributed by atoms with van der Waals surface area (Å²) in [5.74, 6) is 0.557. The number of ether oxygens (including phenoxy) is 1. The molecule has 2 N–H and O–H groups in total. The van der Waals surface area contributed by atoms with Crippen LogP contribution in [-0.2, 0) is 4.74 Å². The number of hydrogen-bond acceptors (Lipinski definition) is 5. The number of hydrogen-bond donors (Lipinski definition) is 2. The van der Waals surface area contributed by atoms with Gasteiger partial charge >= 0.3 is 0 Å². The van der Waals surface area contributed by atoms with E-state index in [2.05, 4.69) is 34.2 Å². The van der Waals surface area contributed by atoms with Gasteiger partial charge in [0.15, 0.2) is 0 Å². The van der Waals surface area contributed by atoms with E-state index in [9.17, 15) is 10.2 Å². The molecule has 1 aliphatic heterocycles. The highest BCUT2D eigenvalue weighted by Crippen LogP contribution is 2.26. The van der Waals surface area contributed by atoms with Gasteiger partial charge in [0, 0.05) is 22.0 Å². The zero-order valence-electron chi connectivity index (χ0n) is 22.9. The summed E-state index contributed by atoms with van der Waals surface area (Å²) in [6.45, 7) is 3.87. The largest absolute Gasteiger partial charge is 0.508 e. The van der Waals surface area contributed by atoms with E-state index in [1.807, 2.05) is 92.7 Å². The molecule has 3 heterocycles. The molecule has 7 rings (SSSR count). The summed E-state index contributed by atoms with van der Waals surface area (Å²) in [4.78, 5) is 8.55. The Morgan fingerprint density at radius 3 is 2.20 bits per heavy atom. The lowest BCUT2D eigenvalue weighted by molar-refractivity contribution is 0.460. The molecule has 0 unspecified atom stereocenters. The minimum atomic E-state index is 0.246. The van der Waals surface area contributed by atoms with Crippen LogP contribution < -0.4 is 10.6 Å². The fourth-order valence-electron chi connectivity index (χ4n) is 4.39. The molecule has 0 aliphatic carbocycles. The van der Waals surface area contributed by atoms with Crippen LogP contribution in [-0.4, -0.2) is 20.2 Å². The van der Waals surface area contributed by atoms with Crippen molar-refractivity contribution in [1.29, 1.82) is 0 Å². The highest BCUT2D eigenvalue weighted by molar-refractivity contribution is 5.88. The number of rotatable bonds is 1. The molecule has 0 bridgehead atoms. The first-order valence-electron chi connectivity index (χ1n) is 13.3. The standard InChI is InChI=1S/C16H12O.2C10H9NO/c17-16-9-8-14-10-13(6-7-15(14)11-16)12-4-2-1-3-5-12;1-8-4-5-9-3-2-6-12-7-10(9)11-8;1-7-5-6-8-3-2-4-9(12)10(8)11-7/h1-11,17H;2-7H,1H3;2-6,12H,1H3. The predicted molar refractivity (Wildman–Crippen MR) is 167 cm³/mol. The number of phenols is 2. The molecule has 0 saturated heterocycles. The fraction of sp³-hybridized carbons (Fsp3) is 0.0556. The maximum absolute atomic E-state index is 9.43. The van der Waals surface area contributed by atoms with Gasteiger partial charge in [-0.1, -0.05) is 72.8 Å². The summed E-state index contributed by atoms with van der Waals surface area (Å²) in [5, 5.41) is 24.0. The van der Waals surface area contributed by atoms with E-state index >= 15 is 0 Å². The van der Waals surface area contributed by atoms with Crippen LogP contribution in [0.2, 0.25) is 0 Å². The van der Waals surface area contributed by atoms with E-state index < -0.39 is 0 Å². The van der Waals surface area contributed by atoms with Crippen molar-refractivity contribution in [3.8, 4) is 22.6 Å². The van der Waals surface area contributed by atoms with Crippen molar-refractivity contribution < 1.29 is 14.9 Å². The Hall–Kier alpha value is -5.42. The van der Waals surface area contributed by atoms with Gasteiger partial charge in [-0.2, -0.15) is 0 Å². The Balaban J connectivity index is 0.000000127. The van der Waals surface area contributed by atoms with E-state index in [0.717, 1.165) is 38.1 Å². The van der Waals surface area contributed by atoms with Gasteiger partial charge in [0.2, 0.25) is 0 Å². The maximum Gasteiger partial charge on any atom is 0.141 e. The quantitative estimate of drug-likeness (QED) is 0.238. The number of allylic oxidation sites excluding steroid dienone is 1. The van der Waals surface area contributed by atoms with E-state index in [1.54, 1.807) is 30.7 Å². The lowest BCUT2D eigenvalue weighted by atomic mass is 10.0. The van der Waals surface area contributed by atoms with Gasteiger partial charge in [0.05, 0.1) is 6.26 Å². The summed E-state index contributed by atoms with van der Waals surface area (Å²) < 4.78 is 5.08. The third kappa shape index (κ3) is 6.97. The molecule has 0 saturated carbocycles. The highest BCUT2D eigenvalue weighted by atomic mass is 16.5. The van der Waals surface area contributed by atoms with E-state index in [-0.39, 0.29) is 5.75 Å². The maximum atomic E-state index is 9.43. The van der Waals surface area contributed by atoms with Crippen LogP contribution in [0.15, 0.2) is 122 Å². The average Bonchev–Trinajstić information content (AvgIpc) is 3.23. The highest BCUT2D eigenvalue weighted by Gasteiger charge is 2.00. The monoisotopic (exact) mass is 538 g/mol. The van der Waals surface area contributed by atoms with Gasteiger partial charge in [0.25, 0.3) is 0 Å². The van der Waals surface area contributed by atoms with Crippen LogP contribution >= 0.6 is 0 Å². The molecule has 0 atom stereocenters. The van der Waals surface area contributed by atoms with Crippen molar-refractivity contribution in [2.24, 2.45) is 0 Å². The topological polar surface area (TPSA) is 75.5 Å². The SMILES string of the molecule is Cc1ccc2c(n1)=COC=CC=2.Cc1ccc2cccc(O)c2n1.Oc1ccc2cc(-c3ccccc3)ccc2c1. The molecule has 0 spiro atoms. The van der Waals surface area contributed by atoms with Gasteiger partial charge in [-0.15, -0.1) is 0 Å². The molecule has 4 aromatic carbocycles. The molecule has 5 heteroatoms. The Bertz CT molecular complexity index is 1970. The third-order valence-electron chi connectivity index (χ3n) is 6.48. The average molecular weight is 539 g/mol. The Labute approximate surface area is 238 Å². The summed E-state index contributed by atoms with van der Waals surface area (Å²) in [5.41, 5.74) is 5.01. The van der Waals surface area contributed by atoms with Gasteiger partial charge in [-0.25, -0.2) is 9.97 Å². The molecular weight excluding hydrogens is 508 g/mol. The molecule has 41 heavy (non-hydrogen) atoms. The number of fused-ring (bicyclic) bond motifs is 3. The minimum Gasteiger partial charge on any atom is -0.508 e. The van der Waals surface area contributed by atoms with Crippen LogP contribution in [0.3, 0.4) is 0 Å². The zero-order chi connectivity index (χ0) is 28.6. The van der Waals surface area contributed by atoms with E-state index in [0.29, 0.717) is 11.3 Å². The molecule has 2 aromatic heterocycles. The zero-order valence-corrected chi connectivity index (χ0v) is 22.9. The smallest absolute Gasteiger partial charge is 0.141 e. The predicted octanol–water partition coefficient (Wildman–Crippen LogP) is 6.91. The number of phenolic OH excluding ortho intramolecular Hbond substituents is 2. The van der Waals surface area contributed by atoms with Crippen molar-refractivity contribution in [2.75, 3.05) is 0 Å². The first-order chi connectivity index (χ1) is 20.0. The lowest BCUT2D eigenvalue weighted by Gasteiger charge is -2.04. The molecule has 5 nitrogen and oxygen atoms in total. The molecule has 6 aromatic rings. The number of nitrogens with zero attached hydrogens (tertiary/aromatic N) is 2. The molecule has 1 aliphatic rings. The minimum absolute atomic E-state index is 0.246. The third-order valence-corrected chi connectivity index (χ3v) is 6.48. The van der Waals surface area contributed by atoms with Crippen molar-refractivity contribution in [3.05, 3.63) is 143 Å². The second-order valence-corrected chi connectivity index (χ2v) is 9.59. The summed E-state index contributed by atoms with van der Waals surface area (Å²) in [6.07, 6.45) is 7.13. The Morgan fingerprint density at radius 1 is 0.610 bits per heavy atom. The normalized spacial score (nSPS) is 11.4. The first-order valence-corrected chi connectivity index (χ1v) is 13.3. The van der Waals surface area contributed by atoms with Gasteiger partial charge in [-0.05, 0) is 84.3 Å². The number of aromatic hydroxyl groups is 2. The Kier molecular flexibility index (Phi) is 8.36. The summed E-state index contributed by atoms with van der Waals surface area (Å²) >= 11 is 0. The van der Waals surface area contributed by atoms with Crippen molar-refractivity contribution in [1.82, 2.24) is 9.97 Å². The summed E-state index contributed by atoms with van der Waals surface area (Å²) in [6, 6.07) is 35.3. The second kappa shape index (κ2) is 12.6. The number of benzene rings is 4. The van der Waals surface area contributed by atoms with Crippen molar-refractivity contribution in [2.45, 2.75) is 13.8 Å². The van der Waals surface area contributed by atoms with Crippen LogP contribution in [0.5, 0.6) is 11.5 Å². The summed E-state index contributed by atoms with van der Waals surface area (Å²) in [7, 11) is 0. The number of aryl methyl sites for hydroxylation is 2. The number of para-hydroxylation sites is 1. The Morgan fingerprint density at radius 2 is 1.34 bits per heavy atom. The fourth-order valence-corrected chi connectivity index (χ4v) is 4.39. The van der Waals surface area contributed by atoms with E-state index in [1.165, 1.54) is 11.1 Å². The molecular formula is C36H30N2O3. The molecule has 0 radical (unpaired) electrons. The van der Waals surface area contributed by atoms with Gasteiger partial charge in [0.1, 0.15) is 28.6 Å². The van der Waals surface area contributed by atoms with E-state index in [4.69, 9.17) is 4.74 Å². The molecule has 202 valence electrons. The van der Waals surface area contributed by atoms with Crippen molar-refractivity contribution in [3.63, 3.8) is 0 Å². The second-order valence-electron chi connectivity index (χ2n) is 9.59. The lowest BCUT2D eigenvalue weighted by Crippen LogP contribution is -2.27. The van der Waals surface area contributed by atoms with Crippen LogP contribution in [0.1, 0.15) is 11.4 Å². The van der Waals surface area contributed by atoms with Gasteiger partial charge < -0.3 is 14.9 Å². The van der Waals surface area contributed by atoms with Crippen LogP contribution in [0.4, 0.5) is 0 Å². The van der Waals surface area contributed by atoms with Crippen LogP contribution in [0.25, 0.3) is 45.1 Å². The number of aromatic nitrogens is 2.